The highest BCUT2D eigenvalue weighted by molar-refractivity contribution is 6.48. The fourth-order valence-corrected chi connectivity index (χ4v) is 6.74. The Morgan fingerprint density at radius 1 is 1.15 bits per heavy atom. The summed E-state index contributed by atoms with van der Waals surface area (Å²) in [5.41, 5.74) is 1.02. The van der Waals surface area contributed by atoms with Crippen LogP contribution >= 0.6 is 0 Å². The summed E-state index contributed by atoms with van der Waals surface area (Å²) in [6.07, 6.45) is 1.90. The van der Waals surface area contributed by atoms with Crippen molar-refractivity contribution >= 4 is 30.2 Å². The summed E-state index contributed by atoms with van der Waals surface area (Å²) in [6.45, 7) is 12.3. The Morgan fingerprint density at radius 3 is 2.54 bits per heavy atom. The second-order valence-electron chi connectivity index (χ2n) is 12.5. The molecule has 3 aliphatic carbocycles. The molecule has 4 fully saturated rings. The number of amides is 2. The molecule has 2 amide bonds. The van der Waals surface area contributed by atoms with Crippen LogP contribution in [0.2, 0.25) is 0 Å². The third-order valence-corrected chi connectivity index (χ3v) is 9.01. The minimum absolute atomic E-state index is 0.0152. The van der Waals surface area contributed by atoms with Gasteiger partial charge in [-0.05, 0) is 68.4 Å². The Morgan fingerprint density at radius 2 is 1.87 bits per heavy atom. The van der Waals surface area contributed by atoms with Crippen LogP contribution in [0.15, 0.2) is 30.5 Å². The number of hydrogen-bond donors (Lipinski definition) is 3. The number of rotatable bonds is 8. The average Bonchev–Trinajstić information content (AvgIpc) is 3.23. The lowest BCUT2D eigenvalue weighted by molar-refractivity contribution is -0.199. The fourth-order valence-electron chi connectivity index (χ4n) is 6.74. The van der Waals surface area contributed by atoms with E-state index in [2.05, 4.69) is 55.2 Å². The molecule has 6 rings (SSSR count). The second kappa shape index (κ2) is 10.3. The maximum absolute atomic E-state index is 13.4. The number of carbonyl (C=O) groups is 2. The zero-order chi connectivity index (χ0) is 28.1. The van der Waals surface area contributed by atoms with E-state index in [1.54, 1.807) is 18.2 Å². The summed E-state index contributed by atoms with van der Waals surface area (Å²) in [7, 11) is -0.615. The highest BCUT2D eigenvalue weighted by Gasteiger charge is 2.68. The van der Waals surface area contributed by atoms with Crippen molar-refractivity contribution in [2.75, 3.05) is 0 Å². The number of benzene rings is 1. The van der Waals surface area contributed by atoms with Gasteiger partial charge < -0.3 is 29.8 Å². The van der Waals surface area contributed by atoms with E-state index in [9.17, 15) is 14.7 Å². The summed E-state index contributed by atoms with van der Waals surface area (Å²) < 4.78 is 18.3. The van der Waals surface area contributed by atoms with E-state index in [1.807, 2.05) is 6.07 Å². The van der Waals surface area contributed by atoms with Crippen molar-refractivity contribution in [3.63, 3.8) is 0 Å². The number of para-hydroxylation sites is 2. The molecular weight excluding hydrogens is 499 g/mol. The van der Waals surface area contributed by atoms with Crippen molar-refractivity contribution in [1.29, 1.82) is 0 Å². The molecule has 210 valence electrons. The Bertz CT molecular complexity index is 1240. The number of hydrogen-bond acceptors (Lipinski definition) is 8. The highest BCUT2D eigenvalue weighted by atomic mass is 16.7. The molecule has 2 aromatic rings. The van der Waals surface area contributed by atoms with Gasteiger partial charge in [-0.25, -0.2) is 14.8 Å². The topological polar surface area (TPSA) is 132 Å². The van der Waals surface area contributed by atoms with E-state index < -0.39 is 42.8 Å². The third kappa shape index (κ3) is 5.24. The van der Waals surface area contributed by atoms with Gasteiger partial charge in [0.2, 0.25) is 11.8 Å². The lowest BCUT2D eigenvalue weighted by Crippen LogP contribution is -2.65. The van der Waals surface area contributed by atoms with Crippen molar-refractivity contribution in [2.24, 2.45) is 23.2 Å². The number of nitrogens with zero attached hydrogens (tertiary/aromatic N) is 2. The standard InChI is InChI=1S/C28H39BN4O6/c1-15(2)11-22(29-38-21-13-17-12-20(27(17,4)5)28(21,6)39-29)32-25(35)24(16(3)34)33-26(36)37-23-14-30-18-9-7-8-10-19(18)31-23/h7-10,14-17,20-22,24,34H,11-13H2,1-6H3,(H,32,35)(H,33,36)/t16-,17+,20+,21-,22+,24+,28+/m1/s1. The van der Waals surface area contributed by atoms with Gasteiger partial charge in [0, 0.05) is 0 Å². The van der Waals surface area contributed by atoms with Crippen LogP contribution in [0.5, 0.6) is 5.88 Å². The van der Waals surface area contributed by atoms with Crippen LogP contribution in [0.25, 0.3) is 11.0 Å². The summed E-state index contributed by atoms with van der Waals surface area (Å²) in [4.78, 5) is 34.5. The molecule has 2 heterocycles. The van der Waals surface area contributed by atoms with Crippen LogP contribution in [-0.2, 0) is 14.1 Å². The molecule has 39 heavy (non-hydrogen) atoms. The molecule has 1 aromatic heterocycles. The van der Waals surface area contributed by atoms with Crippen molar-refractivity contribution in [1.82, 2.24) is 20.6 Å². The molecule has 1 saturated heterocycles. The maximum atomic E-state index is 13.4. The van der Waals surface area contributed by atoms with Crippen molar-refractivity contribution in [3.05, 3.63) is 30.5 Å². The summed E-state index contributed by atoms with van der Waals surface area (Å²) in [5, 5.41) is 15.9. The molecule has 7 atom stereocenters. The maximum Gasteiger partial charge on any atom is 0.481 e. The summed E-state index contributed by atoms with van der Waals surface area (Å²) in [5.74, 6) is 0.243. The number of aliphatic hydroxyl groups is 1. The fraction of sp³-hybridized carbons (Fsp3) is 0.643. The monoisotopic (exact) mass is 538 g/mol. The lowest BCUT2D eigenvalue weighted by atomic mass is 9.43. The van der Waals surface area contributed by atoms with Crippen LogP contribution in [0.4, 0.5) is 4.79 Å². The number of aromatic nitrogens is 2. The van der Waals surface area contributed by atoms with Crippen LogP contribution in [0.1, 0.15) is 60.8 Å². The Hall–Kier alpha value is -2.76. The number of carbonyl (C=O) groups excluding carboxylic acids is 2. The minimum atomic E-state index is -1.26. The Balaban J connectivity index is 1.25. The molecule has 3 saturated carbocycles. The molecule has 3 N–H and O–H groups in total. The number of fused-ring (bicyclic) bond motifs is 1. The van der Waals surface area contributed by atoms with Gasteiger partial charge in [0.05, 0.1) is 41.0 Å². The molecule has 0 unspecified atom stereocenters. The smallest absolute Gasteiger partial charge is 0.404 e. The zero-order valence-corrected chi connectivity index (χ0v) is 23.5. The normalized spacial score (nSPS) is 29.2. The van der Waals surface area contributed by atoms with Gasteiger partial charge in [-0.2, -0.15) is 0 Å². The molecule has 1 aromatic carbocycles. The van der Waals surface area contributed by atoms with Crippen LogP contribution in [0, 0.1) is 23.2 Å². The van der Waals surface area contributed by atoms with Gasteiger partial charge in [-0.1, -0.05) is 39.8 Å². The number of nitrogens with one attached hydrogen (secondary N) is 2. The van der Waals surface area contributed by atoms with Gasteiger partial charge in [-0.15, -0.1) is 0 Å². The minimum Gasteiger partial charge on any atom is -0.404 e. The predicted molar refractivity (Wildman–Crippen MR) is 146 cm³/mol. The summed E-state index contributed by atoms with van der Waals surface area (Å²) in [6, 6.07) is 5.93. The highest BCUT2D eigenvalue weighted by Crippen LogP contribution is 2.65. The van der Waals surface area contributed by atoms with Crippen LogP contribution < -0.4 is 15.4 Å². The first kappa shape index (κ1) is 27.8. The van der Waals surface area contributed by atoms with Crippen LogP contribution in [0.3, 0.4) is 0 Å². The molecule has 0 spiro atoms. The second-order valence-corrected chi connectivity index (χ2v) is 12.5. The first-order valence-electron chi connectivity index (χ1n) is 13.9. The molecule has 1 aliphatic heterocycles. The molecule has 0 radical (unpaired) electrons. The molecule has 10 nitrogen and oxygen atoms in total. The average molecular weight is 538 g/mol. The van der Waals surface area contributed by atoms with E-state index in [-0.39, 0.29) is 23.3 Å². The summed E-state index contributed by atoms with van der Waals surface area (Å²) >= 11 is 0. The lowest BCUT2D eigenvalue weighted by Gasteiger charge is -2.64. The zero-order valence-electron chi connectivity index (χ0n) is 23.5. The first-order valence-corrected chi connectivity index (χ1v) is 13.9. The third-order valence-electron chi connectivity index (χ3n) is 9.01. The van der Waals surface area contributed by atoms with Gasteiger partial charge in [-0.3, -0.25) is 4.79 Å². The SMILES string of the molecule is CC(C)C[C@H](NC(=O)[C@@H](NC(=O)Oc1cnc2ccccc2n1)[C@@H](C)O)B1O[C@@H]2C[C@@H]3C[C@@H](C3(C)C)[C@]2(C)O1. The number of aliphatic hydroxyl groups excluding tert-OH is 1. The molecule has 2 bridgehead atoms. The van der Waals surface area contributed by atoms with Crippen molar-refractivity contribution in [3.8, 4) is 5.88 Å². The first-order chi connectivity index (χ1) is 18.4. The Kier molecular flexibility index (Phi) is 7.37. The van der Waals surface area contributed by atoms with Gasteiger partial charge >= 0.3 is 13.2 Å². The van der Waals surface area contributed by atoms with Crippen molar-refractivity contribution < 1.29 is 28.7 Å². The number of ether oxygens (including phenoxy) is 1. The largest absolute Gasteiger partial charge is 0.481 e. The van der Waals surface area contributed by atoms with E-state index in [1.165, 1.54) is 13.1 Å². The Labute approximate surface area is 229 Å². The van der Waals surface area contributed by atoms with E-state index >= 15 is 0 Å². The molecule has 4 aliphatic rings. The van der Waals surface area contributed by atoms with Gasteiger partial charge in [0.15, 0.2) is 0 Å². The van der Waals surface area contributed by atoms with E-state index in [0.29, 0.717) is 29.3 Å². The predicted octanol–water partition coefficient (Wildman–Crippen LogP) is 3.27. The van der Waals surface area contributed by atoms with Gasteiger partial charge in [0.25, 0.3) is 0 Å². The van der Waals surface area contributed by atoms with E-state index in [0.717, 1.165) is 12.8 Å². The van der Waals surface area contributed by atoms with Crippen molar-refractivity contribution in [2.45, 2.75) is 90.6 Å². The van der Waals surface area contributed by atoms with Gasteiger partial charge in [0.1, 0.15) is 6.04 Å². The van der Waals surface area contributed by atoms with Crippen LogP contribution in [-0.4, -0.2) is 64.0 Å². The quantitative estimate of drug-likeness (QED) is 0.437. The molecule has 11 heteroatoms. The molecular formula is C28H39BN4O6. The van der Waals surface area contributed by atoms with E-state index in [4.69, 9.17) is 14.0 Å².